The maximum atomic E-state index is 11.9. The van der Waals surface area contributed by atoms with Gasteiger partial charge in [-0.2, -0.15) is 0 Å². The van der Waals surface area contributed by atoms with E-state index in [-0.39, 0.29) is 17.0 Å². The first-order valence-electron chi connectivity index (χ1n) is 6.22. The normalized spacial score (nSPS) is 38.9. The van der Waals surface area contributed by atoms with E-state index in [1.54, 1.807) is 0 Å². The van der Waals surface area contributed by atoms with E-state index in [1.165, 1.54) is 19.8 Å². The van der Waals surface area contributed by atoms with E-state index in [1.807, 2.05) is 6.08 Å². The highest BCUT2D eigenvalue weighted by Crippen LogP contribution is 2.50. The molecule has 1 unspecified atom stereocenters. The van der Waals surface area contributed by atoms with Gasteiger partial charge < -0.3 is 0 Å². The van der Waals surface area contributed by atoms with Gasteiger partial charge in [-0.1, -0.05) is 26.3 Å². The fourth-order valence-electron chi connectivity index (χ4n) is 3.30. The zero-order valence-corrected chi connectivity index (χ0v) is 10.4. The zero-order chi connectivity index (χ0) is 11.9. The minimum Gasteiger partial charge on any atom is -0.294 e. The number of hydrogen-bond acceptors (Lipinski definition) is 2. The Morgan fingerprint density at radius 2 is 2.12 bits per heavy atom. The van der Waals surface area contributed by atoms with Crippen LogP contribution in [0.5, 0.6) is 0 Å². The number of ketones is 2. The van der Waals surface area contributed by atoms with Crippen LogP contribution >= 0.6 is 0 Å². The summed E-state index contributed by atoms with van der Waals surface area (Å²) in [6.07, 6.45) is 6.12. The Kier molecular flexibility index (Phi) is 2.77. The first-order chi connectivity index (χ1) is 7.45. The maximum Gasteiger partial charge on any atom is 0.166 e. The van der Waals surface area contributed by atoms with Crippen molar-refractivity contribution < 1.29 is 9.59 Å². The van der Waals surface area contributed by atoms with E-state index in [9.17, 15) is 9.59 Å². The highest BCUT2D eigenvalue weighted by Gasteiger charge is 2.45. The van der Waals surface area contributed by atoms with Crippen molar-refractivity contribution in [3.8, 4) is 0 Å². The van der Waals surface area contributed by atoms with E-state index >= 15 is 0 Å². The second-order valence-corrected chi connectivity index (χ2v) is 5.64. The van der Waals surface area contributed by atoms with E-state index < -0.39 is 0 Å². The minimum absolute atomic E-state index is 0.0593. The van der Waals surface area contributed by atoms with Gasteiger partial charge in [-0.3, -0.25) is 9.59 Å². The lowest BCUT2D eigenvalue weighted by atomic mass is 9.57. The van der Waals surface area contributed by atoms with Gasteiger partial charge in [0.05, 0.1) is 5.57 Å². The molecule has 2 aliphatic rings. The number of rotatable bonds is 1. The number of carbonyl (C=O) groups is 2. The number of carbonyl (C=O) groups excluding carboxylic acids is 2. The first kappa shape index (κ1) is 11.6. The Morgan fingerprint density at radius 3 is 2.75 bits per heavy atom. The van der Waals surface area contributed by atoms with Crippen LogP contribution < -0.4 is 0 Å². The van der Waals surface area contributed by atoms with Gasteiger partial charge in [0.15, 0.2) is 11.6 Å². The molecule has 0 aliphatic heterocycles. The molecule has 1 fully saturated rings. The second kappa shape index (κ2) is 3.83. The first-order valence-corrected chi connectivity index (χ1v) is 6.22. The highest BCUT2D eigenvalue weighted by atomic mass is 16.1. The van der Waals surface area contributed by atoms with Crippen LogP contribution in [0.25, 0.3) is 0 Å². The van der Waals surface area contributed by atoms with Crippen molar-refractivity contribution in [1.82, 2.24) is 0 Å². The van der Waals surface area contributed by atoms with Crippen molar-refractivity contribution in [2.75, 3.05) is 0 Å². The van der Waals surface area contributed by atoms with Gasteiger partial charge in [0, 0.05) is 6.42 Å². The second-order valence-electron chi connectivity index (χ2n) is 5.64. The molecule has 0 radical (unpaired) electrons. The van der Waals surface area contributed by atoms with Crippen LogP contribution in [0, 0.1) is 17.3 Å². The lowest BCUT2D eigenvalue weighted by Crippen LogP contribution is -2.41. The molecule has 2 rings (SSSR count). The van der Waals surface area contributed by atoms with E-state index in [0.29, 0.717) is 23.8 Å². The number of allylic oxidation sites excluding steroid dienone is 2. The fraction of sp³-hybridized carbons (Fsp3) is 0.714. The van der Waals surface area contributed by atoms with Gasteiger partial charge in [0.1, 0.15) is 0 Å². The highest BCUT2D eigenvalue weighted by molar-refractivity contribution is 6.19. The molecule has 2 aliphatic carbocycles. The third-order valence-corrected chi connectivity index (χ3v) is 4.70. The van der Waals surface area contributed by atoms with Crippen LogP contribution in [0.3, 0.4) is 0 Å². The molecule has 0 aromatic heterocycles. The molecule has 16 heavy (non-hydrogen) atoms. The maximum absolute atomic E-state index is 11.9. The standard InChI is InChI=1S/C14H20O2/c1-9-5-4-6-11-7-13(16)12(10(2)15)8-14(9,11)3/h8-9,11H,4-7H2,1-3H3/t9-,11?,14+/m0/s1. The lowest BCUT2D eigenvalue weighted by molar-refractivity contribution is -0.123. The SMILES string of the molecule is CC(=O)C1=C[C@@]2(C)C(CCC[C@@H]2C)CC1=O. The largest absolute Gasteiger partial charge is 0.294 e. The number of fused-ring (bicyclic) bond motifs is 1. The molecule has 2 heteroatoms. The van der Waals surface area contributed by atoms with Crippen LogP contribution in [0.1, 0.15) is 46.5 Å². The molecule has 1 saturated carbocycles. The Labute approximate surface area is 97.1 Å². The predicted molar refractivity (Wildman–Crippen MR) is 63.0 cm³/mol. The molecular formula is C14H20O2. The average Bonchev–Trinajstić information content (AvgIpc) is 2.20. The Hall–Kier alpha value is -0.920. The van der Waals surface area contributed by atoms with Crippen molar-refractivity contribution in [3.63, 3.8) is 0 Å². The van der Waals surface area contributed by atoms with Crippen molar-refractivity contribution in [2.45, 2.75) is 46.5 Å². The van der Waals surface area contributed by atoms with Gasteiger partial charge in [-0.15, -0.1) is 0 Å². The predicted octanol–water partition coefficient (Wildman–Crippen LogP) is 2.92. The number of hydrogen-bond donors (Lipinski definition) is 0. The average molecular weight is 220 g/mol. The molecule has 88 valence electrons. The Bertz CT molecular complexity index is 367. The molecule has 0 N–H and O–H groups in total. The summed E-state index contributed by atoms with van der Waals surface area (Å²) in [5.74, 6) is 1.02. The molecule has 2 nitrogen and oxygen atoms in total. The summed E-state index contributed by atoms with van der Waals surface area (Å²) in [6, 6.07) is 0. The third kappa shape index (κ3) is 1.64. The van der Waals surface area contributed by atoms with Gasteiger partial charge in [-0.05, 0) is 37.0 Å². The number of Topliss-reactive ketones (excluding diaryl/α,β-unsaturated/α-hetero) is 2. The quantitative estimate of drug-likeness (QED) is 0.637. The van der Waals surface area contributed by atoms with Crippen LogP contribution in [0.2, 0.25) is 0 Å². The zero-order valence-electron chi connectivity index (χ0n) is 10.4. The summed E-state index contributed by atoms with van der Waals surface area (Å²) in [4.78, 5) is 23.3. The molecule has 0 aromatic rings. The van der Waals surface area contributed by atoms with Gasteiger partial charge in [-0.25, -0.2) is 0 Å². The molecular weight excluding hydrogens is 200 g/mol. The Balaban J connectivity index is 2.42. The van der Waals surface area contributed by atoms with Crippen molar-refractivity contribution in [2.24, 2.45) is 17.3 Å². The van der Waals surface area contributed by atoms with E-state index in [0.717, 1.165) is 6.42 Å². The topological polar surface area (TPSA) is 34.1 Å². The smallest absolute Gasteiger partial charge is 0.166 e. The van der Waals surface area contributed by atoms with Gasteiger partial charge >= 0.3 is 0 Å². The molecule has 0 spiro atoms. The molecule has 0 bridgehead atoms. The summed E-state index contributed by atoms with van der Waals surface area (Å²) in [5, 5.41) is 0. The lowest BCUT2D eigenvalue weighted by Gasteiger charge is -2.47. The van der Waals surface area contributed by atoms with E-state index in [4.69, 9.17) is 0 Å². The summed E-state index contributed by atoms with van der Waals surface area (Å²) in [5.41, 5.74) is 0.514. The summed E-state index contributed by atoms with van der Waals surface area (Å²) >= 11 is 0. The van der Waals surface area contributed by atoms with E-state index in [2.05, 4.69) is 13.8 Å². The van der Waals surface area contributed by atoms with Crippen molar-refractivity contribution in [3.05, 3.63) is 11.6 Å². The summed E-state index contributed by atoms with van der Waals surface area (Å²) in [6.45, 7) is 5.97. The monoisotopic (exact) mass is 220 g/mol. The van der Waals surface area contributed by atoms with Crippen LogP contribution in [-0.4, -0.2) is 11.6 Å². The molecule has 0 heterocycles. The summed E-state index contributed by atoms with van der Waals surface area (Å²) < 4.78 is 0. The molecule has 0 amide bonds. The Morgan fingerprint density at radius 1 is 1.44 bits per heavy atom. The fourth-order valence-corrected chi connectivity index (χ4v) is 3.30. The van der Waals surface area contributed by atoms with Crippen LogP contribution in [0.15, 0.2) is 11.6 Å². The van der Waals surface area contributed by atoms with Crippen molar-refractivity contribution >= 4 is 11.6 Å². The van der Waals surface area contributed by atoms with Gasteiger partial charge in [0.25, 0.3) is 0 Å². The van der Waals surface area contributed by atoms with Gasteiger partial charge in [0.2, 0.25) is 0 Å². The summed E-state index contributed by atoms with van der Waals surface area (Å²) in [7, 11) is 0. The van der Waals surface area contributed by atoms with Crippen LogP contribution in [0.4, 0.5) is 0 Å². The third-order valence-electron chi connectivity index (χ3n) is 4.70. The minimum atomic E-state index is -0.0672. The van der Waals surface area contributed by atoms with Crippen LogP contribution in [-0.2, 0) is 9.59 Å². The van der Waals surface area contributed by atoms with Crippen molar-refractivity contribution in [1.29, 1.82) is 0 Å². The molecule has 3 atom stereocenters. The molecule has 0 saturated heterocycles. The molecule has 0 aromatic carbocycles.